The summed E-state index contributed by atoms with van der Waals surface area (Å²) in [5.74, 6) is 0. The van der Waals surface area contributed by atoms with Gasteiger partial charge in [-0.05, 0) is 66.7 Å². The fourth-order valence-corrected chi connectivity index (χ4v) is 10.5. The zero-order chi connectivity index (χ0) is 48.7. The van der Waals surface area contributed by atoms with Gasteiger partial charge in [-0.2, -0.15) is 0 Å². The number of benzene rings is 7. The van der Waals surface area contributed by atoms with Crippen LogP contribution in [0.5, 0.6) is 0 Å². The molecule has 0 aliphatic rings. The predicted octanol–water partition coefficient (Wildman–Crippen LogP) is 16.1. The molecule has 0 radical (unpaired) electrons. The van der Waals surface area contributed by atoms with Gasteiger partial charge in [0.15, 0.2) is 0 Å². The average Bonchev–Trinajstić information content (AvgIpc) is 3.48. The Bertz CT molecular complexity index is 4520. The minimum absolute atomic E-state index is 0.848. The van der Waals surface area contributed by atoms with E-state index in [-0.39, 0.29) is 0 Å². The summed E-state index contributed by atoms with van der Waals surface area (Å²) >= 11 is 0. The maximum atomic E-state index is 5.33. The molecule has 0 spiro atoms. The van der Waals surface area contributed by atoms with Crippen molar-refractivity contribution >= 4 is 87.2 Å². The van der Waals surface area contributed by atoms with Gasteiger partial charge in [0, 0.05) is 88.9 Å². The Morgan fingerprint density at radius 3 is 0.622 bits per heavy atom. The van der Waals surface area contributed by atoms with E-state index in [4.69, 9.17) is 29.9 Å². The van der Waals surface area contributed by atoms with E-state index >= 15 is 0 Å². The Kier molecular flexibility index (Phi) is 9.40. The number of hydrogen-bond donors (Lipinski definition) is 0. The Hall–Kier alpha value is -10.2. The van der Waals surface area contributed by atoms with Crippen LogP contribution in [0.2, 0.25) is 0 Å². The van der Waals surface area contributed by atoms with Crippen LogP contribution in [0.1, 0.15) is 0 Å². The molecule has 8 aromatic heterocycles. The van der Waals surface area contributed by atoms with Crippen LogP contribution >= 0.6 is 0 Å². The lowest BCUT2D eigenvalue weighted by molar-refractivity contribution is 1.35. The molecule has 15 aromatic rings. The molecule has 74 heavy (non-hydrogen) atoms. The van der Waals surface area contributed by atoms with Crippen molar-refractivity contribution < 1.29 is 0 Å². The van der Waals surface area contributed by atoms with Crippen LogP contribution in [0.3, 0.4) is 0 Å². The molecular formula is C66H38N8. The molecule has 0 fully saturated rings. The van der Waals surface area contributed by atoms with Gasteiger partial charge in [-0.15, -0.1) is 0 Å². The van der Waals surface area contributed by atoms with Gasteiger partial charge in [-0.25, -0.2) is 29.9 Å². The smallest absolute Gasteiger partial charge is 0.0972 e. The van der Waals surface area contributed by atoms with Gasteiger partial charge >= 0.3 is 0 Å². The zero-order valence-electron chi connectivity index (χ0n) is 39.5. The molecule has 8 heterocycles. The Morgan fingerprint density at radius 2 is 0.378 bits per heavy atom. The largest absolute Gasteiger partial charge is 0.254 e. The standard InChI is InChI=1S/C66H38N8/c1-6-47(53-28-22-41-16-14-39-12-4-34-67-59(39)61(41)69-53)36-49(8-1)55-30-24-43-18-20-45-26-32-57(73-65(45)63(43)71-55)51-10-3-11-52(38-51)58-33-27-46-21-19-44-25-31-56(72-64(44)66(46)74-58)50-9-2-7-48(37-50)54-29-23-42-17-15-40-13-5-35-68-60(40)62(42)70-54/h1-38H. The SMILES string of the molecule is c1cc(-c2ccc3ccc4cccnc4c3n2)cc(-c2ccc3ccc4ccc(-c5cccc(-c6ccc7ccc8ccc(-c9cccc(-c%10ccc%11ccc%12cccnc%12c%11n%10)c9)nc8c7n6)c5)nc4c3n2)c1. The molecule has 8 nitrogen and oxygen atoms in total. The van der Waals surface area contributed by atoms with Crippen LogP contribution < -0.4 is 0 Å². The molecule has 0 saturated heterocycles. The first-order valence-electron chi connectivity index (χ1n) is 24.6. The molecule has 342 valence electrons. The molecule has 0 unspecified atom stereocenters. The van der Waals surface area contributed by atoms with Crippen LogP contribution in [0.4, 0.5) is 0 Å². The Morgan fingerprint density at radius 1 is 0.176 bits per heavy atom. The first-order valence-corrected chi connectivity index (χ1v) is 24.6. The van der Waals surface area contributed by atoms with Crippen LogP contribution in [-0.2, 0) is 0 Å². The van der Waals surface area contributed by atoms with Crippen LogP contribution in [0, 0.1) is 0 Å². The van der Waals surface area contributed by atoms with Gasteiger partial charge in [0.2, 0.25) is 0 Å². The fraction of sp³-hybridized carbons (Fsp3) is 0. The maximum absolute atomic E-state index is 5.33. The molecular weight excluding hydrogens is 905 g/mol. The highest BCUT2D eigenvalue weighted by Gasteiger charge is 2.15. The van der Waals surface area contributed by atoms with Gasteiger partial charge in [0.25, 0.3) is 0 Å². The van der Waals surface area contributed by atoms with E-state index in [1.165, 1.54) is 0 Å². The van der Waals surface area contributed by atoms with Gasteiger partial charge < -0.3 is 0 Å². The summed E-state index contributed by atoms with van der Waals surface area (Å²) in [5, 5.41) is 8.36. The summed E-state index contributed by atoms with van der Waals surface area (Å²) in [5.41, 5.74) is 18.2. The van der Waals surface area contributed by atoms with Crippen molar-refractivity contribution in [3.8, 4) is 67.5 Å². The van der Waals surface area contributed by atoms with Crippen molar-refractivity contribution in [2.45, 2.75) is 0 Å². The highest BCUT2D eigenvalue weighted by atomic mass is 14.8. The lowest BCUT2D eigenvalue weighted by Crippen LogP contribution is -1.93. The second kappa shape index (κ2) is 16.7. The highest BCUT2D eigenvalue weighted by molar-refractivity contribution is 6.07. The van der Waals surface area contributed by atoms with E-state index in [9.17, 15) is 0 Å². The number of nitrogens with zero attached hydrogens (tertiary/aromatic N) is 8. The second-order valence-electron chi connectivity index (χ2n) is 18.8. The summed E-state index contributed by atoms with van der Waals surface area (Å²) in [6, 6.07) is 75.6. The van der Waals surface area contributed by atoms with Crippen molar-refractivity contribution in [2.24, 2.45) is 0 Å². The van der Waals surface area contributed by atoms with Crippen molar-refractivity contribution in [1.82, 2.24) is 39.9 Å². The quantitative estimate of drug-likeness (QED) is 0.152. The van der Waals surface area contributed by atoms with E-state index < -0.39 is 0 Å². The summed E-state index contributed by atoms with van der Waals surface area (Å²) in [7, 11) is 0. The van der Waals surface area contributed by atoms with E-state index in [0.717, 1.165) is 155 Å². The van der Waals surface area contributed by atoms with Gasteiger partial charge in [-0.3, -0.25) is 9.97 Å². The van der Waals surface area contributed by atoms with Crippen LogP contribution in [0.25, 0.3) is 155 Å². The molecule has 15 rings (SSSR count). The van der Waals surface area contributed by atoms with Gasteiger partial charge in [-0.1, -0.05) is 152 Å². The third kappa shape index (κ3) is 7.07. The van der Waals surface area contributed by atoms with Gasteiger partial charge in [0.05, 0.1) is 78.3 Å². The summed E-state index contributed by atoms with van der Waals surface area (Å²) < 4.78 is 0. The van der Waals surface area contributed by atoms with Crippen LogP contribution in [0.15, 0.2) is 231 Å². The molecule has 0 N–H and O–H groups in total. The van der Waals surface area contributed by atoms with E-state index in [1.54, 1.807) is 0 Å². The van der Waals surface area contributed by atoms with Crippen molar-refractivity contribution in [3.63, 3.8) is 0 Å². The third-order valence-corrected chi connectivity index (χ3v) is 14.3. The van der Waals surface area contributed by atoms with E-state index in [2.05, 4.69) is 216 Å². The summed E-state index contributed by atoms with van der Waals surface area (Å²) in [4.78, 5) is 40.8. The van der Waals surface area contributed by atoms with Crippen molar-refractivity contribution in [3.05, 3.63) is 231 Å². The fourth-order valence-electron chi connectivity index (χ4n) is 10.5. The lowest BCUT2D eigenvalue weighted by atomic mass is 10.0. The molecule has 0 aliphatic heterocycles. The molecule has 0 atom stereocenters. The monoisotopic (exact) mass is 942 g/mol. The molecule has 0 saturated carbocycles. The number of hydrogen-bond acceptors (Lipinski definition) is 8. The van der Waals surface area contributed by atoms with Crippen molar-refractivity contribution in [1.29, 1.82) is 0 Å². The number of rotatable bonds is 6. The second-order valence-corrected chi connectivity index (χ2v) is 18.8. The highest BCUT2D eigenvalue weighted by Crippen LogP contribution is 2.35. The number of aromatic nitrogens is 8. The zero-order valence-corrected chi connectivity index (χ0v) is 39.5. The minimum atomic E-state index is 0.848. The minimum Gasteiger partial charge on any atom is -0.254 e. The normalized spacial score (nSPS) is 11.8. The third-order valence-electron chi connectivity index (χ3n) is 14.3. The first kappa shape index (κ1) is 41.6. The Balaban J connectivity index is 0.761. The molecule has 7 aromatic carbocycles. The lowest BCUT2D eigenvalue weighted by Gasteiger charge is -2.11. The molecule has 8 heteroatoms. The predicted molar refractivity (Wildman–Crippen MR) is 301 cm³/mol. The van der Waals surface area contributed by atoms with Crippen LogP contribution in [-0.4, -0.2) is 39.9 Å². The Labute approximate surface area is 423 Å². The topological polar surface area (TPSA) is 103 Å². The van der Waals surface area contributed by atoms with E-state index in [1.807, 2.05) is 24.5 Å². The average molecular weight is 943 g/mol. The molecule has 0 amide bonds. The number of pyridine rings is 8. The molecule has 0 aliphatic carbocycles. The maximum Gasteiger partial charge on any atom is 0.0972 e. The first-order chi connectivity index (χ1) is 36.6. The molecule has 0 bridgehead atoms. The number of fused-ring (bicyclic) bond motifs is 12. The van der Waals surface area contributed by atoms with Gasteiger partial charge in [0.1, 0.15) is 0 Å². The van der Waals surface area contributed by atoms with Crippen molar-refractivity contribution in [2.75, 3.05) is 0 Å². The van der Waals surface area contributed by atoms with E-state index in [0.29, 0.717) is 0 Å². The summed E-state index contributed by atoms with van der Waals surface area (Å²) in [6.45, 7) is 0. The summed E-state index contributed by atoms with van der Waals surface area (Å²) in [6.07, 6.45) is 3.65.